The van der Waals surface area contributed by atoms with Crippen molar-refractivity contribution < 1.29 is 19.4 Å². The van der Waals surface area contributed by atoms with Gasteiger partial charge >= 0.3 is 5.97 Å². The van der Waals surface area contributed by atoms with Crippen LogP contribution in [0.4, 0.5) is 0 Å². The molecule has 0 saturated carbocycles. The van der Waals surface area contributed by atoms with Crippen molar-refractivity contribution in [2.24, 2.45) is 5.92 Å². The quantitative estimate of drug-likeness (QED) is 0.872. The third-order valence-corrected chi connectivity index (χ3v) is 5.17. The first kappa shape index (κ1) is 16.7. The third-order valence-electron chi connectivity index (χ3n) is 4.10. The molecule has 1 aliphatic heterocycles. The molecular weight excluding hydrogens is 326 g/mol. The van der Waals surface area contributed by atoms with Crippen LogP contribution in [0.2, 0.25) is 0 Å². The Morgan fingerprint density at radius 2 is 2.00 bits per heavy atom. The minimum Gasteiger partial charge on any atom is -0.477 e. The van der Waals surface area contributed by atoms with Crippen LogP contribution >= 0.6 is 11.3 Å². The van der Waals surface area contributed by atoms with E-state index in [2.05, 4.69) is 5.32 Å². The monoisotopic (exact) mass is 345 g/mol. The molecule has 1 aromatic heterocycles. The Labute approximate surface area is 144 Å². The van der Waals surface area contributed by atoms with E-state index in [0.717, 1.165) is 23.3 Å². The summed E-state index contributed by atoms with van der Waals surface area (Å²) in [5.41, 5.74) is 1.02. The van der Waals surface area contributed by atoms with Crippen LogP contribution < -0.4 is 5.32 Å². The van der Waals surface area contributed by atoms with Crippen LogP contribution in [0.5, 0.6) is 0 Å². The normalized spacial score (nSPS) is 20.5. The van der Waals surface area contributed by atoms with Crippen LogP contribution in [0, 0.1) is 5.92 Å². The SMILES string of the molecule is O=C(O)c1ccc(CNC(=O)C2CCCOC2c2ccccc2)s1. The predicted molar refractivity (Wildman–Crippen MR) is 91.0 cm³/mol. The second-order valence-electron chi connectivity index (χ2n) is 5.74. The van der Waals surface area contributed by atoms with Crippen molar-refractivity contribution in [3.63, 3.8) is 0 Å². The number of nitrogens with one attached hydrogen (secondary N) is 1. The number of carboxylic acid groups (broad SMARTS) is 1. The van der Waals surface area contributed by atoms with E-state index < -0.39 is 5.97 Å². The molecule has 0 spiro atoms. The van der Waals surface area contributed by atoms with Crippen molar-refractivity contribution in [2.75, 3.05) is 6.61 Å². The average molecular weight is 345 g/mol. The van der Waals surface area contributed by atoms with E-state index in [1.807, 2.05) is 30.3 Å². The van der Waals surface area contributed by atoms with Gasteiger partial charge in [0.1, 0.15) is 4.88 Å². The van der Waals surface area contributed by atoms with Gasteiger partial charge in [0.2, 0.25) is 5.91 Å². The molecule has 1 aromatic carbocycles. The number of hydrogen-bond donors (Lipinski definition) is 2. The minimum absolute atomic E-state index is 0.0474. The number of carbonyl (C=O) groups excluding carboxylic acids is 1. The zero-order valence-corrected chi connectivity index (χ0v) is 13.9. The summed E-state index contributed by atoms with van der Waals surface area (Å²) in [7, 11) is 0. The van der Waals surface area contributed by atoms with Gasteiger partial charge in [-0.1, -0.05) is 30.3 Å². The summed E-state index contributed by atoms with van der Waals surface area (Å²) >= 11 is 1.18. The molecule has 6 heteroatoms. The number of ether oxygens (including phenoxy) is 1. The maximum Gasteiger partial charge on any atom is 0.345 e. The van der Waals surface area contributed by atoms with E-state index in [1.165, 1.54) is 11.3 Å². The zero-order valence-electron chi connectivity index (χ0n) is 13.1. The first-order chi connectivity index (χ1) is 11.6. The summed E-state index contributed by atoms with van der Waals surface area (Å²) in [5.74, 6) is -1.21. The molecule has 2 N–H and O–H groups in total. The number of carboxylic acids is 1. The Kier molecular flexibility index (Phi) is 5.27. The molecular formula is C18H19NO4S. The molecule has 2 heterocycles. The average Bonchev–Trinajstić information content (AvgIpc) is 3.10. The van der Waals surface area contributed by atoms with E-state index >= 15 is 0 Å². The fourth-order valence-corrected chi connectivity index (χ4v) is 3.70. The molecule has 0 bridgehead atoms. The Balaban J connectivity index is 1.64. The summed E-state index contributed by atoms with van der Waals surface area (Å²) in [6, 6.07) is 13.1. The number of aromatic carboxylic acids is 1. The molecule has 1 amide bonds. The van der Waals surface area contributed by atoms with E-state index in [9.17, 15) is 9.59 Å². The van der Waals surface area contributed by atoms with Crippen LogP contribution in [0.1, 0.15) is 39.1 Å². The summed E-state index contributed by atoms with van der Waals surface area (Å²) < 4.78 is 5.85. The van der Waals surface area contributed by atoms with Gasteiger partial charge in [-0.05, 0) is 30.5 Å². The highest BCUT2D eigenvalue weighted by molar-refractivity contribution is 7.13. The van der Waals surface area contributed by atoms with Crippen molar-refractivity contribution in [1.82, 2.24) is 5.32 Å². The van der Waals surface area contributed by atoms with Gasteiger partial charge in [-0.15, -0.1) is 11.3 Å². The fraction of sp³-hybridized carbons (Fsp3) is 0.333. The third kappa shape index (κ3) is 3.83. The molecule has 2 unspecified atom stereocenters. The second-order valence-corrected chi connectivity index (χ2v) is 6.91. The summed E-state index contributed by atoms with van der Waals surface area (Å²) in [6.07, 6.45) is 1.43. The van der Waals surface area contributed by atoms with Gasteiger partial charge in [0.05, 0.1) is 18.6 Å². The molecule has 5 nitrogen and oxygen atoms in total. The van der Waals surface area contributed by atoms with Gasteiger partial charge in [-0.25, -0.2) is 4.79 Å². The van der Waals surface area contributed by atoms with Gasteiger partial charge in [-0.3, -0.25) is 4.79 Å². The highest BCUT2D eigenvalue weighted by atomic mass is 32.1. The van der Waals surface area contributed by atoms with Crippen LogP contribution in [-0.4, -0.2) is 23.6 Å². The highest BCUT2D eigenvalue weighted by Crippen LogP contribution is 2.33. The van der Waals surface area contributed by atoms with Gasteiger partial charge in [0.25, 0.3) is 0 Å². The lowest BCUT2D eigenvalue weighted by atomic mass is 9.89. The Bertz CT molecular complexity index is 713. The number of thiophene rings is 1. The number of amides is 1. The number of rotatable bonds is 5. The van der Waals surface area contributed by atoms with Crippen molar-refractivity contribution in [1.29, 1.82) is 0 Å². The molecule has 126 valence electrons. The molecule has 1 fully saturated rings. The lowest BCUT2D eigenvalue weighted by Gasteiger charge is -2.31. The lowest BCUT2D eigenvalue weighted by Crippen LogP contribution is -2.37. The maximum absolute atomic E-state index is 12.6. The fourth-order valence-electron chi connectivity index (χ4n) is 2.91. The maximum atomic E-state index is 12.6. The number of benzene rings is 1. The second kappa shape index (κ2) is 7.59. The van der Waals surface area contributed by atoms with Gasteiger partial charge in [0.15, 0.2) is 0 Å². The van der Waals surface area contributed by atoms with Crippen LogP contribution in [0.3, 0.4) is 0 Å². The Hall–Kier alpha value is -2.18. The van der Waals surface area contributed by atoms with Crippen molar-refractivity contribution in [3.8, 4) is 0 Å². The summed E-state index contributed by atoms with van der Waals surface area (Å²) in [5, 5.41) is 11.9. The molecule has 1 saturated heterocycles. The molecule has 1 aliphatic rings. The summed E-state index contributed by atoms with van der Waals surface area (Å²) in [4.78, 5) is 24.6. The molecule has 3 rings (SSSR count). The van der Waals surface area contributed by atoms with E-state index in [1.54, 1.807) is 12.1 Å². The topological polar surface area (TPSA) is 75.6 Å². The Morgan fingerprint density at radius 1 is 1.21 bits per heavy atom. The minimum atomic E-state index is -0.942. The lowest BCUT2D eigenvalue weighted by molar-refractivity contribution is -0.134. The first-order valence-corrected chi connectivity index (χ1v) is 8.73. The molecule has 2 aromatic rings. The molecule has 0 radical (unpaired) electrons. The summed E-state index contributed by atoms with van der Waals surface area (Å²) in [6.45, 7) is 1.00. The zero-order chi connectivity index (χ0) is 16.9. The Morgan fingerprint density at radius 3 is 2.71 bits per heavy atom. The molecule has 0 aliphatic carbocycles. The van der Waals surface area contributed by atoms with E-state index in [-0.39, 0.29) is 22.8 Å². The first-order valence-electron chi connectivity index (χ1n) is 7.91. The smallest absolute Gasteiger partial charge is 0.345 e. The number of hydrogen-bond acceptors (Lipinski definition) is 4. The molecule has 2 atom stereocenters. The van der Waals surface area contributed by atoms with E-state index in [4.69, 9.17) is 9.84 Å². The van der Waals surface area contributed by atoms with Crippen LogP contribution in [0.15, 0.2) is 42.5 Å². The van der Waals surface area contributed by atoms with Gasteiger partial charge in [-0.2, -0.15) is 0 Å². The van der Waals surface area contributed by atoms with Crippen LogP contribution in [-0.2, 0) is 16.1 Å². The highest BCUT2D eigenvalue weighted by Gasteiger charge is 2.32. The van der Waals surface area contributed by atoms with Crippen molar-refractivity contribution in [3.05, 3.63) is 57.8 Å². The van der Waals surface area contributed by atoms with Crippen molar-refractivity contribution in [2.45, 2.75) is 25.5 Å². The van der Waals surface area contributed by atoms with Crippen molar-refractivity contribution >= 4 is 23.2 Å². The molecule has 24 heavy (non-hydrogen) atoms. The standard InChI is InChI=1S/C18H19NO4S/c20-17(19-11-13-8-9-15(24-13)18(21)22)14-7-4-10-23-16(14)12-5-2-1-3-6-12/h1-3,5-6,8-9,14,16H,4,7,10-11H2,(H,19,20)(H,21,22). The number of carbonyl (C=O) groups is 2. The van der Waals surface area contributed by atoms with Gasteiger partial charge < -0.3 is 15.2 Å². The van der Waals surface area contributed by atoms with Gasteiger partial charge in [0, 0.05) is 11.5 Å². The van der Waals surface area contributed by atoms with Crippen LogP contribution in [0.25, 0.3) is 0 Å². The predicted octanol–water partition coefficient (Wildman–Crippen LogP) is 3.23. The largest absolute Gasteiger partial charge is 0.477 e. The van der Waals surface area contributed by atoms with E-state index in [0.29, 0.717) is 13.2 Å².